The molecule has 1 unspecified atom stereocenters. The minimum atomic E-state index is -1.47. The molecular formula is C27H30FNO6. The maximum absolute atomic E-state index is 15.4. The number of fused-ring (bicyclic) bond motifs is 2. The van der Waals surface area contributed by atoms with E-state index in [1.807, 2.05) is 19.1 Å². The molecule has 186 valence electrons. The van der Waals surface area contributed by atoms with Crippen LogP contribution in [0.2, 0.25) is 0 Å². The normalized spacial score (nSPS) is 14.4. The molecule has 1 aliphatic heterocycles. The molecule has 2 heterocycles. The molecule has 0 radical (unpaired) electrons. The minimum absolute atomic E-state index is 0.0652. The summed E-state index contributed by atoms with van der Waals surface area (Å²) in [6.07, 6.45) is 0.190. The lowest BCUT2D eigenvalue weighted by atomic mass is 9.88. The van der Waals surface area contributed by atoms with Crippen molar-refractivity contribution in [2.45, 2.75) is 52.2 Å². The molecular weight excluding hydrogens is 453 g/mol. The highest BCUT2D eigenvalue weighted by Crippen LogP contribution is 2.42. The van der Waals surface area contributed by atoms with Gasteiger partial charge in [-0.05, 0) is 75.4 Å². The zero-order valence-electron chi connectivity index (χ0n) is 20.8. The van der Waals surface area contributed by atoms with Gasteiger partial charge in [0.25, 0.3) is 5.56 Å². The monoisotopic (exact) mass is 483 g/mol. The molecule has 7 nitrogen and oxygen atoms in total. The molecule has 35 heavy (non-hydrogen) atoms. The van der Waals surface area contributed by atoms with Gasteiger partial charge >= 0.3 is 5.97 Å². The quantitative estimate of drug-likeness (QED) is 0.554. The number of halogens is 1. The lowest BCUT2D eigenvalue weighted by Gasteiger charge is -2.29. The molecule has 1 N–H and O–H groups in total. The topological polar surface area (TPSA) is 87.0 Å². The summed E-state index contributed by atoms with van der Waals surface area (Å²) >= 11 is 0. The predicted molar refractivity (Wildman–Crippen MR) is 131 cm³/mol. The second kappa shape index (κ2) is 9.00. The number of carboxylic acid groups (broad SMARTS) is 1. The van der Waals surface area contributed by atoms with Gasteiger partial charge in [-0.15, -0.1) is 0 Å². The van der Waals surface area contributed by atoms with Crippen LogP contribution in [0.15, 0.2) is 29.1 Å². The van der Waals surface area contributed by atoms with Gasteiger partial charge in [-0.1, -0.05) is 6.07 Å². The molecule has 1 atom stereocenters. The number of rotatable bonds is 5. The molecule has 4 rings (SSSR count). The highest BCUT2D eigenvalue weighted by atomic mass is 19.1. The highest BCUT2D eigenvalue weighted by Gasteiger charge is 2.34. The number of pyridine rings is 1. The Morgan fingerprint density at radius 2 is 1.94 bits per heavy atom. The number of nitrogens with zero attached hydrogens (tertiary/aromatic N) is 1. The van der Waals surface area contributed by atoms with Gasteiger partial charge in [0.15, 0.2) is 17.7 Å². The summed E-state index contributed by atoms with van der Waals surface area (Å²) in [5.74, 6) is -1.32. The Morgan fingerprint density at radius 3 is 2.57 bits per heavy atom. The zero-order valence-corrected chi connectivity index (χ0v) is 20.8. The van der Waals surface area contributed by atoms with Gasteiger partial charge in [0.2, 0.25) is 0 Å². The Labute approximate surface area is 203 Å². The number of aliphatic carboxylic acids is 1. The van der Waals surface area contributed by atoms with Crippen LogP contribution in [-0.2, 0) is 23.0 Å². The van der Waals surface area contributed by atoms with Crippen LogP contribution in [-0.4, -0.2) is 35.0 Å². The number of ether oxygens (including phenoxy) is 3. The fourth-order valence-electron chi connectivity index (χ4n) is 4.76. The van der Waals surface area contributed by atoms with Crippen LogP contribution in [0, 0.1) is 12.7 Å². The van der Waals surface area contributed by atoms with E-state index in [-0.39, 0.29) is 16.8 Å². The highest BCUT2D eigenvalue weighted by molar-refractivity contribution is 6.00. The second-order valence-electron chi connectivity index (χ2n) is 9.74. The number of hydrogen-bond acceptors (Lipinski definition) is 5. The molecule has 8 heteroatoms. The summed E-state index contributed by atoms with van der Waals surface area (Å²) in [4.78, 5) is 25.9. The molecule has 0 aliphatic carbocycles. The lowest BCUT2D eigenvalue weighted by Crippen LogP contribution is -2.33. The minimum Gasteiger partial charge on any atom is -0.494 e. The van der Waals surface area contributed by atoms with E-state index in [1.54, 1.807) is 26.8 Å². The molecule has 0 bridgehead atoms. The van der Waals surface area contributed by atoms with Crippen molar-refractivity contribution in [1.82, 2.24) is 4.57 Å². The Bertz CT molecular complexity index is 1390. The Morgan fingerprint density at radius 1 is 1.23 bits per heavy atom. The third-order valence-corrected chi connectivity index (χ3v) is 6.33. The lowest BCUT2D eigenvalue weighted by molar-refractivity contribution is -0.161. The largest absolute Gasteiger partial charge is 0.494 e. The van der Waals surface area contributed by atoms with Gasteiger partial charge in [0, 0.05) is 18.0 Å². The van der Waals surface area contributed by atoms with Crippen molar-refractivity contribution in [3.63, 3.8) is 0 Å². The first-order valence-corrected chi connectivity index (χ1v) is 11.5. The van der Waals surface area contributed by atoms with Gasteiger partial charge in [-0.2, -0.15) is 0 Å². The number of carbonyl (C=O) groups is 1. The Balaban J connectivity index is 2.18. The SMILES string of the molecule is COc1ccc2c(-c3ccc4c(c3C)CCCO4)c(C(OC(C)(C)C)C(=O)O)n(C)c(=O)c2c1F. The zero-order chi connectivity index (χ0) is 25.7. The first-order chi connectivity index (χ1) is 16.5. The van der Waals surface area contributed by atoms with E-state index < -0.39 is 29.1 Å². The van der Waals surface area contributed by atoms with Gasteiger partial charge in [-0.3, -0.25) is 4.79 Å². The molecule has 3 aromatic rings. The van der Waals surface area contributed by atoms with Gasteiger partial charge in [0.1, 0.15) is 5.75 Å². The molecule has 0 fully saturated rings. The smallest absolute Gasteiger partial charge is 0.339 e. The van der Waals surface area contributed by atoms with Gasteiger partial charge in [0.05, 0.1) is 30.4 Å². The van der Waals surface area contributed by atoms with E-state index in [0.29, 0.717) is 23.1 Å². The van der Waals surface area contributed by atoms with E-state index in [4.69, 9.17) is 14.2 Å². The van der Waals surface area contributed by atoms with Crippen molar-refractivity contribution in [1.29, 1.82) is 0 Å². The number of carboxylic acids is 1. The standard InChI is InChI=1S/C27H30FNO6/c1-14-15-8-7-13-34-18(15)11-9-16(14)20-17-10-12-19(33-6)22(28)21(17)25(30)29(5)23(20)24(26(31)32)35-27(2,3)4/h9-12,24H,7-8,13H2,1-6H3,(H,31,32). The fourth-order valence-corrected chi connectivity index (χ4v) is 4.76. The van der Waals surface area contributed by atoms with Crippen molar-refractivity contribution in [3.05, 3.63) is 57.3 Å². The fraction of sp³-hybridized carbons (Fsp3) is 0.407. The van der Waals surface area contributed by atoms with Crippen molar-refractivity contribution < 1.29 is 28.5 Å². The molecule has 0 saturated heterocycles. The molecule has 0 saturated carbocycles. The van der Waals surface area contributed by atoms with Crippen molar-refractivity contribution in [3.8, 4) is 22.6 Å². The third-order valence-electron chi connectivity index (χ3n) is 6.33. The Kier molecular flexibility index (Phi) is 6.36. The van der Waals surface area contributed by atoms with E-state index >= 15 is 4.39 Å². The van der Waals surface area contributed by atoms with Gasteiger partial charge < -0.3 is 23.9 Å². The average Bonchev–Trinajstić information content (AvgIpc) is 2.80. The van der Waals surface area contributed by atoms with Crippen LogP contribution in [0.1, 0.15) is 50.1 Å². The second-order valence-corrected chi connectivity index (χ2v) is 9.74. The predicted octanol–water partition coefficient (Wildman–Crippen LogP) is 4.93. The maximum atomic E-state index is 15.4. The number of hydrogen-bond donors (Lipinski definition) is 1. The summed E-state index contributed by atoms with van der Waals surface area (Å²) < 4.78 is 33.5. The first kappa shape index (κ1) is 24.7. The van der Waals surface area contributed by atoms with Gasteiger partial charge in [-0.25, -0.2) is 9.18 Å². The molecule has 0 spiro atoms. The molecule has 2 aromatic carbocycles. The number of methoxy groups -OCH3 is 1. The first-order valence-electron chi connectivity index (χ1n) is 11.5. The summed E-state index contributed by atoms with van der Waals surface area (Å²) in [5, 5.41) is 10.3. The van der Waals surface area contributed by atoms with Crippen molar-refractivity contribution in [2.75, 3.05) is 13.7 Å². The van der Waals surface area contributed by atoms with Crippen LogP contribution < -0.4 is 15.0 Å². The summed E-state index contributed by atoms with van der Waals surface area (Å²) in [7, 11) is 2.77. The van der Waals surface area contributed by atoms with Crippen LogP contribution in [0.3, 0.4) is 0 Å². The van der Waals surface area contributed by atoms with Crippen LogP contribution >= 0.6 is 0 Å². The summed E-state index contributed by atoms with van der Waals surface area (Å²) in [5.41, 5.74) is 1.69. The van der Waals surface area contributed by atoms with E-state index in [1.165, 1.54) is 24.8 Å². The number of benzene rings is 2. The summed E-state index contributed by atoms with van der Waals surface area (Å²) in [6.45, 7) is 7.80. The maximum Gasteiger partial charge on any atom is 0.339 e. The molecule has 1 aromatic heterocycles. The van der Waals surface area contributed by atoms with Crippen LogP contribution in [0.25, 0.3) is 21.9 Å². The van der Waals surface area contributed by atoms with Crippen LogP contribution in [0.4, 0.5) is 4.39 Å². The van der Waals surface area contributed by atoms with E-state index in [2.05, 4.69) is 0 Å². The van der Waals surface area contributed by atoms with E-state index in [9.17, 15) is 14.7 Å². The number of aromatic nitrogens is 1. The molecule has 0 amide bonds. The van der Waals surface area contributed by atoms with Crippen molar-refractivity contribution >= 4 is 16.7 Å². The summed E-state index contributed by atoms with van der Waals surface area (Å²) in [6, 6.07) is 6.72. The van der Waals surface area contributed by atoms with Crippen LogP contribution in [0.5, 0.6) is 11.5 Å². The average molecular weight is 484 g/mol. The van der Waals surface area contributed by atoms with Crippen molar-refractivity contribution in [2.24, 2.45) is 7.05 Å². The third kappa shape index (κ3) is 4.27. The Hall–Kier alpha value is -3.39. The van der Waals surface area contributed by atoms with E-state index in [0.717, 1.165) is 29.7 Å². The molecule has 1 aliphatic rings.